The quantitative estimate of drug-likeness (QED) is 0.807. The maximum Gasteiger partial charge on any atom is 0.179 e. The molecule has 0 saturated carbocycles. The first-order chi connectivity index (χ1) is 11.2. The highest BCUT2D eigenvalue weighted by atomic mass is 35.5. The molecule has 3 atom stereocenters. The van der Waals surface area contributed by atoms with Crippen molar-refractivity contribution in [2.75, 3.05) is 0 Å². The van der Waals surface area contributed by atoms with Gasteiger partial charge in [-0.25, -0.2) is 0 Å². The molecule has 2 aromatic rings. The second kappa shape index (κ2) is 8.97. The van der Waals surface area contributed by atoms with Gasteiger partial charge in [-0.05, 0) is 31.2 Å². The van der Waals surface area contributed by atoms with Gasteiger partial charge in [0, 0.05) is 11.6 Å². The van der Waals surface area contributed by atoms with Crippen LogP contribution in [0.4, 0.5) is 0 Å². The predicted octanol–water partition coefficient (Wildman–Crippen LogP) is 3.93. The van der Waals surface area contributed by atoms with Gasteiger partial charge in [0.1, 0.15) is 0 Å². The highest BCUT2D eigenvalue weighted by molar-refractivity contribution is 6.00. The molecule has 0 radical (unpaired) electrons. The van der Waals surface area contributed by atoms with Crippen molar-refractivity contribution >= 4 is 18.2 Å². The van der Waals surface area contributed by atoms with E-state index in [0.29, 0.717) is 6.42 Å². The zero-order valence-corrected chi connectivity index (χ0v) is 14.4. The summed E-state index contributed by atoms with van der Waals surface area (Å²) in [5.41, 5.74) is 1.69. The summed E-state index contributed by atoms with van der Waals surface area (Å²) in [5, 5.41) is 13.8. The van der Waals surface area contributed by atoms with Crippen molar-refractivity contribution in [1.82, 2.24) is 5.32 Å². The average Bonchev–Trinajstić information content (AvgIpc) is 2.63. The van der Waals surface area contributed by atoms with Crippen LogP contribution in [0.3, 0.4) is 0 Å². The standard InChI is InChI=1S/C20H23NO2.ClH/c22-19(15-8-3-1-4-9-15)14-17-12-7-13-18(21-17)20(23)16-10-5-2-6-11-16;/h1-6,8-11,17-19,21-22H,7,12-14H2;1H. The molecule has 0 aliphatic carbocycles. The van der Waals surface area contributed by atoms with Gasteiger partial charge in [0.15, 0.2) is 5.78 Å². The molecule has 0 aromatic heterocycles. The molecule has 4 heteroatoms. The number of rotatable bonds is 5. The van der Waals surface area contributed by atoms with Gasteiger partial charge in [-0.15, -0.1) is 12.4 Å². The number of ketones is 1. The van der Waals surface area contributed by atoms with E-state index in [-0.39, 0.29) is 30.3 Å². The van der Waals surface area contributed by atoms with Gasteiger partial charge in [0.25, 0.3) is 0 Å². The molecule has 24 heavy (non-hydrogen) atoms. The Morgan fingerprint density at radius 1 is 1.04 bits per heavy atom. The summed E-state index contributed by atoms with van der Waals surface area (Å²) in [6, 6.07) is 19.2. The fraction of sp³-hybridized carbons (Fsp3) is 0.350. The van der Waals surface area contributed by atoms with Crippen LogP contribution in [0, 0.1) is 0 Å². The van der Waals surface area contributed by atoms with Crippen LogP contribution >= 0.6 is 12.4 Å². The van der Waals surface area contributed by atoms with Gasteiger partial charge in [-0.1, -0.05) is 60.7 Å². The van der Waals surface area contributed by atoms with Crippen molar-refractivity contribution in [2.45, 2.75) is 43.9 Å². The average molecular weight is 346 g/mol. The van der Waals surface area contributed by atoms with Crippen LogP contribution in [0.15, 0.2) is 60.7 Å². The third kappa shape index (κ3) is 4.67. The molecule has 0 amide bonds. The highest BCUT2D eigenvalue weighted by Gasteiger charge is 2.28. The van der Waals surface area contributed by atoms with E-state index >= 15 is 0 Å². The van der Waals surface area contributed by atoms with Crippen molar-refractivity contribution in [2.24, 2.45) is 0 Å². The van der Waals surface area contributed by atoms with Gasteiger partial charge in [-0.2, -0.15) is 0 Å². The Kier molecular flexibility index (Phi) is 6.98. The fourth-order valence-electron chi connectivity index (χ4n) is 3.30. The van der Waals surface area contributed by atoms with E-state index < -0.39 is 6.10 Å². The van der Waals surface area contributed by atoms with Crippen molar-refractivity contribution in [1.29, 1.82) is 0 Å². The molecular formula is C20H24ClNO2. The lowest BCUT2D eigenvalue weighted by molar-refractivity contribution is 0.0882. The smallest absolute Gasteiger partial charge is 0.179 e. The number of nitrogens with one attached hydrogen (secondary N) is 1. The number of aliphatic hydroxyl groups is 1. The van der Waals surface area contributed by atoms with Crippen molar-refractivity contribution in [3.05, 3.63) is 71.8 Å². The SMILES string of the molecule is Cl.O=C(c1ccccc1)C1CCCC(CC(O)c2ccccc2)N1. The molecule has 0 bridgehead atoms. The van der Waals surface area contributed by atoms with Crippen LogP contribution in [-0.2, 0) is 0 Å². The van der Waals surface area contributed by atoms with Crippen LogP contribution in [0.25, 0.3) is 0 Å². The largest absolute Gasteiger partial charge is 0.388 e. The van der Waals surface area contributed by atoms with Crippen molar-refractivity contribution in [3.8, 4) is 0 Å². The summed E-state index contributed by atoms with van der Waals surface area (Å²) < 4.78 is 0. The van der Waals surface area contributed by atoms with Crippen LogP contribution in [0.5, 0.6) is 0 Å². The van der Waals surface area contributed by atoms with E-state index in [4.69, 9.17) is 0 Å². The summed E-state index contributed by atoms with van der Waals surface area (Å²) in [6.45, 7) is 0. The number of hydrogen-bond donors (Lipinski definition) is 2. The molecule has 1 aliphatic rings. The molecule has 128 valence electrons. The number of carbonyl (C=O) groups is 1. The minimum Gasteiger partial charge on any atom is -0.388 e. The third-order valence-corrected chi connectivity index (χ3v) is 4.55. The minimum atomic E-state index is -0.487. The van der Waals surface area contributed by atoms with E-state index in [1.54, 1.807) is 0 Å². The molecule has 1 heterocycles. The number of benzene rings is 2. The van der Waals surface area contributed by atoms with Crippen molar-refractivity contribution < 1.29 is 9.90 Å². The molecule has 2 aromatic carbocycles. The molecule has 1 fully saturated rings. The summed E-state index contributed by atoms with van der Waals surface area (Å²) in [4.78, 5) is 12.6. The number of halogens is 1. The van der Waals surface area contributed by atoms with E-state index in [0.717, 1.165) is 30.4 Å². The molecule has 1 saturated heterocycles. The lowest BCUT2D eigenvalue weighted by atomic mass is 9.89. The van der Waals surface area contributed by atoms with Gasteiger partial charge >= 0.3 is 0 Å². The maximum absolute atomic E-state index is 12.6. The van der Waals surface area contributed by atoms with Gasteiger partial charge in [0.05, 0.1) is 12.1 Å². The molecule has 2 N–H and O–H groups in total. The maximum atomic E-state index is 12.6. The zero-order valence-electron chi connectivity index (χ0n) is 13.6. The van der Waals surface area contributed by atoms with Gasteiger partial charge < -0.3 is 10.4 Å². The van der Waals surface area contributed by atoms with E-state index in [2.05, 4.69) is 5.32 Å². The molecule has 0 spiro atoms. The predicted molar refractivity (Wildman–Crippen MR) is 98.6 cm³/mol. The molecule has 1 aliphatic heterocycles. The highest BCUT2D eigenvalue weighted by Crippen LogP contribution is 2.24. The second-order valence-electron chi connectivity index (χ2n) is 6.24. The summed E-state index contributed by atoms with van der Waals surface area (Å²) in [5.74, 6) is 0.157. The molecule has 3 rings (SSSR count). The molecular weight excluding hydrogens is 322 g/mol. The number of Topliss-reactive ketones (excluding diaryl/α,β-unsaturated/α-hetero) is 1. The third-order valence-electron chi connectivity index (χ3n) is 4.55. The van der Waals surface area contributed by atoms with E-state index in [9.17, 15) is 9.90 Å². The normalized spacial score (nSPS) is 21.5. The Hall–Kier alpha value is -1.68. The molecule has 3 unspecified atom stereocenters. The second-order valence-corrected chi connectivity index (χ2v) is 6.24. The van der Waals surface area contributed by atoms with Crippen LogP contribution in [-0.4, -0.2) is 23.0 Å². The first-order valence-electron chi connectivity index (χ1n) is 8.32. The number of piperidine rings is 1. The van der Waals surface area contributed by atoms with E-state index in [1.807, 2.05) is 60.7 Å². The summed E-state index contributed by atoms with van der Waals surface area (Å²) in [6.07, 6.45) is 3.04. The number of aliphatic hydroxyl groups excluding tert-OH is 1. The number of hydrogen-bond acceptors (Lipinski definition) is 3. The van der Waals surface area contributed by atoms with Gasteiger partial charge in [0.2, 0.25) is 0 Å². The summed E-state index contributed by atoms with van der Waals surface area (Å²) >= 11 is 0. The Bertz CT molecular complexity index is 633. The molecule has 3 nitrogen and oxygen atoms in total. The van der Waals surface area contributed by atoms with Crippen molar-refractivity contribution in [3.63, 3.8) is 0 Å². The topological polar surface area (TPSA) is 49.3 Å². The monoisotopic (exact) mass is 345 g/mol. The lowest BCUT2D eigenvalue weighted by Gasteiger charge is -2.31. The lowest BCUT2D eigenvalue weighted by Crippen LogP contribution is -2.47. The fourth-order valence-corrected chi connectivity index (χ4v) is 3.30. The van der Waals surface area contributed by atoms with Gasteiger partial charge in [-0.3, -0.25) is 4.79 Å². The van der Waals surface area contributed by atoms with E-state index in [1.165, 1.54) is 0 Å². The minimum absolute atomic E-state index is 0. The Labute approximate surface area is 149 Å². The van der Waals surface area contributed by atoms with Crippen LogP contribution in [0.1, 0.15) is 47.7 Å². The first-order valence-corrected chi connectivity index (χ1v) is 8.32. The number of carbonyl (C=O) groups excluding carboxylic acids is 1. The Morgan fingerprint density at radius 2 is 1.67 bits per heavy atom. The Morgan fingerprint density at radius 3 is 2.33 bits per heavy atom. The van der Waals surface area contributed by atoms with Crippen LogP contribution in [0.2, 0.25) is 0 Å². The Balaban J connectivity index is 0.00000208. The summed E-state index contributed by atoms with van der Waals surface area (Å²) in [7, 11) is 0. The first kappa shape index (κ1) is 18.7. The zero-order chi connectivity index (χ0) is 16.1. The van der Waals surface area contributed by atoms with Crippen LogP contribution < -0.4 is 5.32 Å².